The average Bonchev–Trinajstić information content (AvgIpc) is 2.83. The number of carbonyl (C=O) groups is 1. The molecule has 5 heteroatoms. The quantitative estimate of drug-likeness (QED) is 0.896. The number of carbonyl (C=O) groups excluding carboxylic acids is 1. The maximum Gasteiger partial charge on any atom is 0.335 e. The molecule has 4 nitrogen and oxygen atoms in total. The van der Waals surface area contributed by atoms with Gasteiger partial charge < -0.3 is 9.73 Å². The molecule has 0 radical (unpaired) electrons. The highest BCUT2D eigenvalue weighted by Crippen LogP contribution is 2.08. The minimum atomic E-state index is -0.458. The first-order chi connectivity index (χ1) is 8.25. The molecule has 0 saturated carbocycles. The Balaban J connectivity index is 1.85. The van der Waals surface area contributed by atoms with Gasteiger partial charge in [0, 0.05) is 17.5 Å². The van der Waals surface area contributed by atoms with Gasteiger partial charge in [-0.15, -0.1) is 11.3 Å². The van der Waals surface area contributed by atoms with Gasteiger partial charge in [-0.05, 0) is 23.9 Å². The first kappa shape index (κ1) is 11.6. The zero-order valence-corrected chi connectivity index (χ0v) is 9.83. The lowest BCUT2D eigenvalue weighted by Gasteiger charge is -2.02. The van der Waals surface area contributed by atoms with Crippen molar-refractivity contribution in [2.75, 3.05) is 6.54 Å². The van der Waals surface area contributed by atoms with Crippen molar-refractivity contribution in [3.05, 3.63) is 56.8 Å². The van der Waals surface area contributed by atoms with Crippen molar-refractivity contribution in [2.45, 2.75) is 6.42 Å². The predicted molar refractivity (Wildman–Crippen MR) is 65.3 cm³/mol. The van der Waals surface area contributed by atoms with Crippen molar-refractivity contribution >= 4 is 17.2 Å². The normalized spacial score (nSPS) is 10.1. The molecule has 2 aromatic heterocycles. The molecule has 0 bridgehead atoms. The summed E-state index contributed by atoms with van der Waals surface area (Å²) in [5.74, 6) is -0.231. The fourth-order valence-corrected chi connectivity index (χ4v) is 2.05. The van der Waals surface area contributed by atoms with Crippen molar-refractivity contribution in [1.82, 2.24) is 5.32 Å². The second kappa shape index (κ2) is 5.45. The zero-order chi connectivity index (χ0) is 12.1. The van der Waals surface area contributed by atoms with Crippen molar-refractivity contribution in [3.8, 4) is 0 Å². The number of hydrogen-bond donors (Lipinski definition) is 1. The third kappa shape index (κ3) is 3.29. The van der Waals surface area contributed by atoms with E-state index in [2.05, 4.69) is 9.73 Å². The van der Waals surface area contributed by atoms with Gasteiger partial charge in [0.1, 0.15) is 6.26 Å². The molecule has 0 atom stereocenters. The Morgan fingerprint density at radius 1 is 1.35 bits per heavy atom. The van der Waals surface area contributed by atoms with E-state index in [0.29, 0.717) is 12.1 Å². The summed E-state index contributed by atoms with van der Waals surface area (Å²) in [6.45, 7) is 0.568. The highest BCUT2D eigenvalue weighted by molar-refractivity contribution is 7.09. The van der Waals surface area contributed by atoms with Crippen LogP contribution in [0.2, 0.25) is 0 Å². The van der Waals surface area contributed by atoms with E-state index in [4.69, 9.17) is 0 Å². The molecule has 2 rings (SSSR count). The van der Waals surface area contributed by atoms with E-state index < -0.39 is 5.63 Å². The lowest BCUT2D eigenvalue weighted by Crippen LogP contribution is -2.25. The lowest BCUT2D eigenvalue weighted by atomic mass is 10.2. The number of rotatable bonds is 4. The van der Waals surface area contributed by atoms with Crippen LogP contribution in [-0.4, -0.2) is 12.5 Å². The van der Waals surface area contributed by atoms with Crippen LogP contribution >= 0.6 is 11.3 Å². The smallest absolute Gasteiger partial charge is 0.335 e. The van der Waals surface area contributed by atoms with Crippen molar-refractivity contribution < 1.29 is 9.21 Å². The fraction of sp³-hybridized carbons (Fsp3) is 0.167. The first-order valence-corrected chi connectivity index (χ1v) is 6.03. The van der Waals surface area contributed by atoms with Crippen LogP contribution in [0.3, 0.4) is 0 Å². The Kier molecular flexibility index (Phi) is 3.72. The van der Waals surface area contributed by atoms with Crippen LogP contribution in [0.4, 0.5) is 0 Å². The van der Waals surface area contributed by atoms with Gasteiger partial charge in [-0.25, -0.2) is 4.79 Å². The Labute approximate surface area is 102 Å². The summed E-state index contributed by atoms with van der Waals surface area (Å²) in [6, 6.07) is 6.69. The molecular formula is C12H11NO3S. The molecule has 88 valence electrons. The minimum Gasteiger partial charge on any atom is -0.430 e. The SMILES string of the molecule is O=C(NCCc1cccs1)c1ccc(=O)oc1. The monoisotopic (exact) mass is 249 g/mol. The predicted octanol–water partition coefficient (Wildman–Crippen LogP) is 1.67. The standard InChI is InChI=1S/C12H11NO3S/c14-11-4-3-9(8-16-11)12(15)13-6-5-10-2-1-7-17-10/h1-4,7-8H,5-6H2,(H,13,15). The second-order valence-corrected chi connectivity index (χ2v) is 4.46. The van der Waals surface area contributed by atoms with Crippen LogP contribution < -0.4 is 10.9 Å². The van der Waals surface area contributed by atoms with Crippen molar-refractivity contribution in [3.63, 3.8) is 0 Å². The molecule has 0 unspecified atom stereocenters. The Bertz CT molecular complexity index is 525. The Morgan fingerprint density at radius 3 is 2.88 bits per heavy atom. The van der Waals surface area contributed by atoms with Gasteiger partial charge in [-0.1, -0.05) is 6.07 Å². The molecule has 2 heterocycles. The van der Waals surface area contributed by atoms with Gasteiger partial charge in [0.25, 0.3) is 5.91 Å². The lowest BCUT2D eigenvalue weighted by molar-refractivity contribution is 0.0952. The van der Waals surface area contributed by atoms with Crippen LogP contribution in [0.25, 0.3) is 0 Å². The summed E-state index contributed by atoms with van der Waals surface area (Å²) in [5.41, 5.74) is -0.101. The van der Waals surface area contributed by atoms with E-state index in [1.807, 2.05) is 17.5 Å². The molecular weight excluding hydrogens is 238 g/mol. The average molecular weight is 249 g/mol. The van der Waals surface area contributed by atoms with Gasteiger partial charge in [0.2, 0.25) is 0 Å². The summed E-state index contributed by atoms with van der Waals surface area (Å²) < 4.78 is 4.62. The number of thiophene rings is 1. The van der Waals surface area contributed by atoms with Crippen molar-refractivity contribution in [1.29, 1.82) is 0 Å². The maximum atomic E-state index is 11.6. The number of amides is 1. The van der Waals surface area contributed by atoms with Crippen LogP contribution in [0.5, 0.6) is 0 Å². The second-order valence-electron chi connectivity index (χ2n) is 3.43. The van der Waals surface area contributed by atoms with Crippen LogP contribution in [0, 0.1) is 0 Å². The van der Waals surface area contributed by atoms with E-state index in [9.17, 15) is 9.59 Å². The topological polar surface area (TPSA) is 59.3 Å². The minimum absolute atomic E-state index is 0.231. The first-order valence-electron chi connectivity index (χ1n) is 5.15. The van der Waals surface area contributed by atoms with E-state index in [1.54, 1.807) is 11.3 Å². The third-order valence-electron chi connectivity index (χ3n) is 2.20. The van der Waals surface area contributed by atoms with Gasteiger partial charge in [0.15, 0.2) is 0 Å². The molecule has 0 aromatic carbocycles. The largest absolute Gasteiger partial charge is 0.430 e. The van der Waals surface area contributed by atoms with E-state index in [0.717, 1.165) is 6.42 Å². The third-order valence-corrected chi connectivity index (χ3v) is 3.14. The van der Waals surface area contributed by atoms with Crippen molar-refractivity contribution in [2.24, 2.45) is 0 Å². The van der Waals surface area contributed by atoms with Gasteiger partial charge >= 0.3 is 5.63 Å². The molecule has 2 aromatic rings. The summed E-state index contributed by atoms with van der Waals surface area (Å²) >= 11 is 1.66. The van der Waals surface area contributed by atoms with Crippen LogP contribution in [0.15, 0.2) is 45.1 Å². The summed E-state index contributed by atoms with van der Waals surface area (Å²) in [6.07, 6.45) is 1.98. The van der Waals surface area contributed by atoms with Gasteiger partial charge in [-0.3, -0.25) is 4.79 Å². The van der Waals surface area contributed by atoms with Crippen LogP contribution in [0.1, 0.15) is 15.2 Å². The number of hydrogen-bond acceptors (Lipinski definition) is 4. The van der Waals surface area contributed by atoms with E-state index in [1.165, 1.54) is 23.3 Å². The molecule has 0 aliphatic rings. The Hall–Kier alpha value is -1.88. The molecule has 0 saturated heterocycles. The zero-order valence-electron chi connectivity index (χ0n) is 9.01. The maximum absolute atomic E-state index is 11.6. The highest BCUT2D eigenvalue weighted by atomic mass is 32.1. The van der Waals surface area contributed by atoms with E-state index >= 15 is 0 Å². The molecule has 0 aliphatic carbocycles. The molecule has 1 amide bonds. The summed E-state index contributed by atoms with van der Waals surface area (Å²) in [7, 11) is 0. The Morgan fingerprint density at radius 2 is 2.24 bits per heavy atom. The molecule has 0 spiro atoms. The van der Waals surface area contributed by atoms with E-state index in [-0.39, 0.29) is 5.91 Å². The van der Waals surface area contributed by atoms with Gasteiger partial charge in [-0.2, -0.15) is 0 Å². The molecule has 0 aliphatic heterocycles. The molecule has 17 heavy (non-hydrogen) atoms. The fourth-order valence-electron chi connectivity index (χ4n) is 1.34. The highest BCUT2D eigenvalue weighted by Gasteiger charge is 2.05. The summed E-state index contributed by atoms with van der Waals surface area (Å²) in [4.78, 5) is 23.6. The number of nitrogens with one attached hydrogen (secondary N) is 1. The van der Waals surface area contributed by atoms with Crippen LogP contribution in [-0.2, 0) is 6.42 Å². The molecule has 1 N–H and O–H groups in total. The summed E-state index contributed by atoms with van der Waals surface area (Å²) in [5, 5.41) is 4.77. The van der Waals surface area contributed by atoms with Gasteiger partial charge in [0.05, 0.1) is 5.56 Å². The molecule has 0 fully saturated rings.